The van der Waals surface area contributed by atoms with E-state index < -0.39 is 73.9 Å². The number of nitrogens with one attached hydrogen (secondary N) is 3. The van der Waals surface area contributed by atoms with Crippen molar-refractivity contribution in [3.05, 3.63) is 259 Å². The number of phenols is 1. The summed E-state index contributed by atoms with van der Waals surface area (Å²) in [7, 11) is 12.3. The maximum Gasteiger partial charge on any atom is 0.341 e. The van der Waals surface area contributed by atoms with Crippen molar-refractivity contribution < 1.29 is 154 Å². The molecule has 798 valence electrons. The van der Waals surface area contributed by atoms with Gasteiger partial charge in [0.25, 0.3) is 41.4 Å². The smallest absolute Gasteiger partial charge is 0.341 e. The summed E-state index contributed by atoms with van der Waals surface area (Å²) in [6.45, 7) is 8.97. The number of ether oxygens (including phenoxy) is 10. The second-order valence-electron chi connectivity index (χ2n) is 29.6. The fourth-order valence-corrected chi connectivity index (χ4v) is 15.1. The number of hydrogen-bond donors (Lipinski definition) is 6. The van der Waals surface area contributed by atoms with Crippen molar-refractivity contribution in [2.24, 2.45) is 0 Å². The van der Waals surface area contributed by atoms with Gasteiger partial charge in [0.15, 0.2) is 9.02 Å². The first-order chi connectivity index (χ1) is 70.1. The molecule has 149 heavy (non-hydrogen) atoms. The lowest BCUT2D eigenvalue weighted by Gasteiger charge is -2.24. The van der Waals surface area contributed by atoms with Crippen molar-refractivity contribution in [3.8, 4) is 34.5 Å². The van der Waals surface area contributed by atoms with Crippen molar-refractivity contribution in [1.82, 2.24) is 30.7 Å². The summed E-state index contributed by atoms with van der Waals surface area (Å²) in [5.74, 6) is -6.02. The van der Waals surface area contributed by atoms with Crippen LogP contribution in [0, 0.1) is 3.57 Å². The van der Waals surface area contributed by atoms with E-state index in [0.717, 1.165) is 88.6 Å². The molecule has 2 fully saturated rings. The largest absolute Gasteiger partial charge is 0.507 e. The average molecular weight is 2580 g/mol. The van der Waals surface area contributed by atoms with Gasteiger partial charge in [0, 0.05) is 86.6 Å². The number of rotatable bonds is 22. The number of halogens is 8. The van der Waals surface area contributed by atoms with E-state index in [4.69, 9.17) is 50.2 Å². The zero-order valence-corrected chi connectivity index (χ0v) is 93.8. The van der Waals surface area contributed by atoms with Crippen LogP contribution in [0.4, 0.5) is 0 Å². The summed E-state index contributed by atoms with van der Waals surface area (Å²) in [5.41, 5.74) is 4.45. The van der Waals surface area contributed by atoms with Gasteiger partial charge in [-0.1, -0.05) is 107 Å². The van der Waals surface area contributed by atoms with Gasteiger partial charge >= 0.3 is 47.8 Å². The van der Waals surface area contributed by atoms with Gasteiger partial charge < -0.3 is 78.6 Å². The maximum absolute atomic E-state index is 12.2. The second-order valence-corrected chi connectivity index (χ2v) is 38.4. The number of nitrogens with zero attached hydrogens (tertiary/aromatic N) is 3. The summed E-state index contributed by atoms with van der Waals surface area (Å²) in [5, 5.41) is 33.3. The number of esters is 6. The molecule has 0 unspecified atom stereocenters. The minimum Gasteiger partial charge on any atom is -0.507 e. The van der Waals surface area contributed by atoms with Crippen LogP contribution in [0.2, 0.25) is 0 Å². The standard InChI is InChI=1S/C18H16BrNO6.C17H16BrNO5.C16H14BrNO4.C12H11ClO4.C12H12O5.C9H9IO3.C5H7Br2NO.C5H6BrNO.C5H9NO.C3H4O2.CH4/c1-11(21)26-15-7-5-12(10-13(15)18(24)25-2)6-8-16(22)20-9-3-4-14(19)17(20)23;1-23-14-7-5-11(10-12(14)17(22)24-2)6-8-15(20)19-9-3-4-13(18)16(19)21;1-10(19)12-9-11(4-6-14(12)20)5-7-15(21)18-8-2-3-13(17)16(18)22;2*1-16-10-5-3-8(4-6-11(13)14)7-9(10)12(15)17-2;1-12-8-4-3-6(10)5-7(8)9(11)13-2;6-5(7)2-1-3-8-4(5)9;6-4-2-1-3-7-5(4)8;7-5-3-1-2-4-6-5;1-2-3(4)5;/h4-8,10H,3,9H2,1-2H3;4-8,10H,3,9H2,1-2H3;3-7,9,20H,2,8H2,1H3;3-7H,1-2H3;3-7H,1-2H3,(H,13,14);3-5H,1-2H3;1-3H2,(H,8,9);2H,1,3H2,(H,7,8);1-4H2,(H,6,7);2H,1H2,(H,4,5);1H4/b2*8-6+;7-5+;2*6-4+;;;;;;. The zero-order chi connectivity index (χ0) is 111. The molecule has 0 saturated carbocycles. The van der Waals surface area contributed by atoms with Crippen molar-refractivity contribution in [2.75, 3.05) is 103 Å². The summed E-state index contributed by atoms with van der Waals surface area (Å²) < 4.78 is 50.6. The number of carbonyl (C=O) groups is 19. The Balaban J connectivity index is 0.000000576. The van der Waals surface area contributed by atoms with Gasteiger partial charge in [0.2, 0.25) is 17.1 Å². The number of imide groups is 3. The molecule has 6 aliphatic rings. The number of allylic oxidation sites excluding steroid dienone is 1. The van der Waals surface area contributed by atoms with E-state index in [1.54, 1.807) is 91.0 Å². The fourth-order valence-electron chi connectivity index (χ4n) is 12.0. The van der Waals surface area contributed by atoms with E-state index in [1.807, 2.05) is 12.1 Å². The fraction of sp³-hybridized carbons (Fsp3) is 0.272. The lowest BCUT2D eigenvalue weighted by atomic mass is 10.1. The number of phenolic OH excluding ortho intramolecular Hbond substituents is 1. The number of ketones is 1. The van der Waals surface area contributed by atoms with E-state index in [1.165, 1.54) is 163 Å². The Hall–Kier alpha value is -13.5. The number of piperidine rings is 2. The normalized spacial score (nSPS) is 14.0. The number of amides is 9. The van der Waals surface area contributed by atoms with E-state index in [2.05, 4.69) is 160 Å². The summed E-state index contributed by atoms with van der Waals surface area (Å²) in [4.78, 5) is 218. The number of carbonyl (C=O) groups excluding carboxylic acids is 17. The van der Waals surface area contributed by atoms with Crippen LogP contribution in [-0.4, -0.2) is 248 Å². The van der Waals surface area contributed by atoms with Gasteiger partial charge in [0.1, 0.15) is 62.3 Å². The number of aromatic hydroxyl groups is 1. The molecule has 38 nitrogen and oxygen atoms in total. The molecule has 6 aromatic carbocycles. The number of alkyl halides is 2. The molecule has 6 aromatic rings. The van der Waals surface area contributed by atoms with Crippen LogP contribution in [0.25, 0.3) is 30.4 Å². The number of hydrogen-bond acceptors (Lipinski definition) is 30. The van der Waals surface area contributed by atoms with E-state index >= 15 is 0 Å². The van der Waals surface area contributed by atoms with Crippen LogP contribution in [0.1, 0.15) is 169 Å². The second kappa shape index (κ2) is 69.7. The SMILES string of the molecule is C.C=CC(=O)O.CC(=O)c1cc(/C=C/C(=O)N2CCC=C(Br)C2=O)ccc1O.COC(=O)c1cc(/C=C/C(=O)Cl)ccc1OC.COC(=O)c1cc(/C=C/C(=O)N2CCC=C(Br)C2=O)ccc1OC.COC(=O)c1cc(/C=C/C(=O)N2CCC=C(Br)C2=O)ccc1OC(C)=O.COC(=O)c1cc(/C=C/C(=O)O)ccc1OC.COC(=O)c1cc(I)ccc1OC.O=C1CCCCN1.O=C1NCCC=C1Br.O=C1NCCCC1(Br)Br. The Labute approximate surface area is 928 Å². The number of methoxy groups -OCH3 is 9. The highest BCUT2D eigenvalue weighted by Gasteiger charge is 2.35. The molecule has 9 amide bonds. The Morgan fingerprint density at radius 2 is 0.745 bits per heavy atom. The van der Waals surface area contributed by atoms with Crippen molar-refractivity contribution in [3.63, 3.8) is 0 Å². The first-order valence-electron chi connectivity index (χ1n) is 43.5. The Morgan fingerprint density at radius 3 is 1.03 bits per heavy atom. The summed E-state index contributed by atoms with van der Waals surface area (Å²) in [6.07, 6.45) is 28.9. The zero-order valence-electron chi connectivity index (χ0n) is 81.4. The highest BCUT2D eigenvalue weighted by atomic mass is 127. The molecule has 6 heterocycles. The van der Waals surface area contributed by atoms with Gasteiger partial charge in [-0.25, -0.2) is 33.6 Å². The minimum absolute atomic E-state index is 0. The highest BCUT2D eigenvalue weighted by molar-refractivity contribution is 14.1. The third kappa shape index (κ3) is 46.9. The van der Waals surface area contributed by atoms with Crippen molar-refractivity contribution in [1.29, 1.82) is 0 Å². The Morgan fingerprint density at radius 1 is 0.416 bits per heavy atom. The molecule has 46 heteroatoms. The molecule has 12 rings (SSSR count). The third-order valence-corrected chi connectivity index (χ3v) is 24.3. The van der Waals surface area contributed by atoms with Crippen LogP contribution in [-0.2, 0) is 86.0 Å². The molecule has 0 radical (unpaired) electrons. The lowest BCUT2D eigenvalue weighted by Crippen LogP contribution is -2.42. The van der Waals surface area contributed by atoms with Gasteiger partial charge in [-0.3, -0.25) is 72.2 Å². The molecule has 0 atom stereocenters. The van der Waals surface area contributed by atoms with Gasteiger partial charge in [-0.2, -0.15) is 0 Å². The lowest BCUT2D eigenvalue weighted by molar-refractivity contribution is -0.140. The number of benzene rings is 6. The first kappa shape index (κ1) is 132. The number of carboxylic acid groups (broad SMARTS) is 2. The maximum atomic E-state index is 12.2. The van der Waals surface area contributed by atoms with E-state index in [9.17, 15) is 96.2 Å². The number of aliphatic carboxylic acids is 2. The van der Waals surface area contributed by atoms with Crippen molar-refractivity contribution >= 4 is 272 Å². The quantitative estimate of drug-likeness (QED) is 0.00537. The average Bonchev–Trinajstić information content (AvgIpc) is 0.846. The molecular weight excluding hydrogens is 2470 g/mol. The van der Waals surface area contributed by atoms with Crippen LogP contribution in [0.15, 0.2) is 194 Å². The molecular formula is C103H108Br6ClIN6O32. The van der Waals surface area contributed by atoms with Crippen LogP contribution >= 0.6 is 130 Å². The summed E-state index contributed by atoms with van der Waals surface area (Å²) in [6, 6.07) is 28.7. The Bertz CT molecular complexity index is 6090. The molecule has 0 bridgehead atoms. The highest BCUT2D eigenvalue weighted by Crippen LogP contribution is 2.35. The monoisotopic (exact) mass is 2580 g/mol. The Kier molecular flexibility index (Phi) is 61.6. The topological polar surface area (TPSA) is 523 Å². The van der Waals surface area contributed by atoms with Gasteiger partial charge in [-0.05, 0) is 293 Å². The van der Waals surface area contributed by atoms with E-state index in [0.29, 0.717) is 119 Å². The first-order valence-corrected chi connectivity index (χ1v) is 49.7. The third-order valence-electron chi connectivity index (χ3n) is 19.4. The molecule has 0 spiro atoms. The predicted molar refractivity (Wildman–Crippen MR) is 585 cm³/mol. The van der Waals surface area contributed by atoms with E-state index in [-0.39, 0.29) is 82.5 Å². The van der Waals surface area contributed by atoms with Crippen molar-refractivity contribution in [2.45, 2.75) is 82.3 Å². The molecule has 6 N–H and O–H groups in total. The van der Waals surface area contributed by atoms with Gasteiger partial charge in [0.05, 0.1) is 87.5 Å². The van der Waals surface area contributed by atoms with Crippen LogP contribution in [0.3, 0.4) is 0 Å². The molecule has 6 aliphatic heterocycles. The predicted octanol–water partition coefficient (Wildman–Crippen LogP) is 16.9. The number of carboxylic acids is 2. The minimum atomic E-state index is -1.06. The van der Waals surface area contributed by atoms with Crippen LogP contribution in [0.5, 0.6) is 34.5 Å². The molecule has 2 saturated heterocycles. The molecule has 0 aliphatic carbocycles. The summed E-state index contributed by atoms with van der Waals surface area (Å²) >= 11 is 26.3. The molecule has 0 aromatic heterocycles. The van der Waals surface area contributed by atoms with Gasteiger partial charge in [-0.15, -0.1) is 0 Å². The number of Topliss-reactive ketones (excluding diaryl/α,β-unsaturated/α-hetero) is 1. The van der Waals surface area contributed by atoms with Crippen LogP contribution < -0.4 is 39.6 Å².